The van der Waals surface area contributed by atoms with Crippen LogP contribution in [-0.4, -0.2) is 69.8 Å². The number of nitrogens with zero attached hydrogens (tertiary/aromatic N) is 1. The summed E-state index contributed by atoms with van der Waals surface area (Å²) in [4.78, 5) is 52.9. The van der Waals surface area contributed by atoms with Crippen molar-refractivity contribution in [2.45, 2.75) is 84.6 Å². The number of hydrogen-bond donors (Lipinski definition) is 1. The van der Waals surface area contributed by atoms with Crippen molar-refractivity contribution in [2.75, 3.05) is 13.2 Å². The van der Waals surface area contributed by atoms with E-state index >= 15 is 0 Å². The highest BCUT2D eigenvalue weighted by Gasteiger charge is 2.73. The molecule has 1 rings (SSSR count). The lowest BCUT2D eigenvalue weighted by molar-refractivity contribution is -0.195. The summed E-state index contributed by atoms with van der Waals surface area (Å²) in [7, 11) is 0. The highest BCUT2D eigenvalue weighted by Crippen LogP contribution is 2.44. The number of ether oxygens (including phenoxy) is 3. The third kappa shape index (κ3) is 4.55. The highest BCUT2D eigenvalue weighted by molar-refractivity contribution is 6.13. The van der Waals surface area contributed by atoms with Crippen LogP contribution in [0.4, 0.5) is 0 Å². The largest absolute Gasteiger partial charge is 0.464 e. The fourth-order valence-electron chi connectivity index (χ4n) is 3.55. The zero-order chi connectivity index (χ0) is 22.8. The summed E-state index contributed by atoms with van der Waals surface area (Å²) >= 11 is 0. The molecule has 1 amide bonds. The molecule has 9 nitrogen and oxygen atoms in total. The summed E-state index contributed by atoms with van der Waals surface area (Å²) in [6, 6.07) is -1.32. The molecule has 0 radical (unpaired) electrons. The molecular formula is C20H33NO8. The Balaban J connectivity index is 3.74. The third-order valence-corrected chi connectivity index (χ3v) is 4.60. The van der Waals surface area contributed by atoms with Crippen molar-refractivity contribution in [1.82, 2.24) is 4.90 Å². The number of hydrogen-bond acceptors (Lipinski definition) is 8. The van der Waals surface area contributed by atoms with Crippen LogP contribution in [0.15, 0.2) is 0 Å². The first-order chi connectivity index (χ1) is 13.2. The molecule has 0 aromatic rings. The summed E-state index contributed by atoms with van der Waals surface area (Å²) in [6.07, 6.45) is -0.559. The van der Waals surface area contributed by atoms with Gasteiger partial charge in [-0.1, -0.05) is 13.8 Å². The second kappa shape index (κ2) is 8.69. The van der Waals surface area contributed by atoms with Gasteiger partial charge in [0.2, 0.25) is 5.91 Å². The van der Waals surface area contributed by atoms with Crippen molar-refractivity contribution in [2.24, 2.45) is 5.92 Å². The minimum atomic E-state index is -2.53. The molecule has 0 spiro atoms. The Morgan fingerprint density at radius 3 is 1.90 bits per heavy atom. The number of esters is 3. The Morgan fingerprint density at radius 1 is 1.10 bits per heavy atom. The van der Waals surface area contributed by atoms with E-state index < -0.39 is 58.9 Å². The minimum Gasteiger partial charge on any atom is -0.464 e. The van der Waals surface area contributed by atoms with Crippen LogP contribution in [-0.2, 0) is 33.4 Å². The molecule has 166 valence electrons. The second-order valence-corrected chi connectivity index (χ2v) is 8.59. The molecule has 29 heavy (non-hydrogen) atoms. The highest BCUT2D eigenvalue weighted by atomic mass is 16.6. The standard InChI is InChI=1S/C20H33NO8/c1-9-27-16(24)20(17(25)28-10-2)19(8,26)11-13(22)21(20)14(12(3)4)15(23)29-18(5,6)7/h12,14,26H,9-11H2,1-8H3/t14-,19?/m1/s1. The van der Waals surface area contributed by atoms with Crippen LogP contribution >= 0.6 is 0 Å². The molecule has 1 unspecified atom stereocenters. The number of rotatable bonds is 7. The Morgan fingerprint density at radius 2 is 1.55 bits per heavy atom. The lowest BCUT2D eigenvalue weighted by atomic mass is 9.80. The lowest BCUT2D eigenvalue weighted by Gasteiger charge is -2.44. The maximum absolute atomic E-state index is 13.1. The molecule has 1 heterocycles. The van der Waals surface area contributed by atoms with Crippen LogP contribution in [0, 0.1) is 5.92 Å². The van der Waals surface area contributed by atoms with Gasteiger partial charge in [0, 0.05) is 0 Å². The molecule has 1 N–H and O–H groups in total. The van der Waals surface area contributed by atoms with Gasteiger partial charge in [-0.2, -0.15) is 0 Å². The van der Waals surface area contributed by atoms with Crippen molar-refractivity contribution in [3.63, 3.8) is 0 Å². The summed E-state index contributed by atoms with van der Waals surface area (Å²) in [5.41, 5.74) is -5.55. The Labute approximate surface area is 171 Å². The van der Waals surface area contributed by atoms with E-state index in [-0.39, 0.29) is 13.2 Å². The molecule has 0 bridgehead atoms. The summed E-state index contributed by atoms with van der Waals surface area (Å²) in [5.74, 6) is -4.38. The molecule has 0 aliphatic carbocycles. The first-order valence-corrected chi connectivity index (χ1v) is 9.79. The van der Waals surface area contributed by atoms with E-state index in [1.807, 2.05) is 0 Å². The van der Waals surface area contributed by atoms with Crippen LogP contribution in [0.1, 0.15) is 61.8 Å². The zero-order valence-electron chi connectivity index (χ0n) is 18.5. The number of likely N-dealkylation sites (tertiary alicyclic amines) is 1. The smallest absolute Gasteiger partial charge is 0.347 e. The first kappa shape index (κ1) is 24.9. The van der Waals surface area contributed by atoms with Crippen LogP contribution in [0.25, 0.3) is 0 Å². The predicted octanol–water partition coefficient (Wildman–Crippen LogP) is 1.20. The van der Waals surface area contributed by atoms with Crippen LogP contribution in [0.5, 0.6) is 0 Å². The molecule has 0 aromatic carbocycles. The average Bonchev–Trinajstić information content (AvgIpc) is 2.72. The molecule has 9 heteroatoms. The Kier molecular flexibility index (Phi) is 7.45. The van der Waals surface area contributed by atoms with E-state index in [9.17, 15) is 24.3 Å². The fraction of sp³-hybridized carbons (Fsp3) is 0.800. The van der Waals surface area contributed by atoms with Crippen LogP contribution in [0.3, 0.4) is 0 Å². The molecule has 1 aliphatic rings. The Hall–Kier alpha value is -2.16. The van der Waals surface area contributed by atoms with Crippen molar-refractivity contribution in [3.8, 4) is 0 Å². The number of amides is 1. The van der Waals surface area contributed by atoms with Crippen LogP contribution < -0.4 is 0 Å². The minimum absolute atomic E-state index is 0.100. The molecule has 0 aromatic heterocycles. The molecule has 1 saturated heterocycles. The van der Waals surface area contributed by atoms with E-state index in [1.54, 1.807) is 34.6 Å². The van der Waals surface area contributed by atoms with Crippen molar-refractivity contribution in [3.05, 3.63) is 0 Å². The number of aliphatic hydroxyl groups is 1. The van der Waals surface area contributed by atoms with Gasteiger partial charge in [0.25, 0.3) is 5.54 Å². The normalized spacial score (nSPS) is 22.4. The van der Waals surface area contributed by atoms with Gasteiger partial charge in [0.05, 0.1) is 19.6 Å². The fourth-order valence-corrected chi connectivity index (χ4v) is 3.55. The van der Waals surface area contributed by atoms with Crippen molar-refractivity contribution in [1.29, 1.82) is 0 Å². The quantitative estimate of drug-likeness (QED) is 0.374. The summed E-state index contributed by atoms with van der Waals surface area (Å²) in [6.45, 7) is 12.3. The topological polar surface area (TPSA) is 119 Å². The summed E-state index contributed by atoms with van der Waals surface area (Å²) in [5, 5.41) is 11.1. The van der Waals surface area contributed by atoms with E-state index in [1.165, 1.54) is 20.8 Å². The van der Waals surface area contributed by atoms with Gasteiger partial charge in [0.15, 0.2) is 0 Å². The van der Waals surface area contributed by atoms with Gasteiger partial charge in [-0.25, -0.2) is 14.4 Å². The monoisotopic (exact) mass is 415 g/mol. The van der Waals surface area contributed by atoms with E-state index in [4.69, 9.17) is 14.2 Å². The van der Waals surface area contributed by atoms with Crippen LogP contribution in [0.2, 0.25) is 0 Å². The Bertz CT molecular complexity index is 644. The van der Waals surface area contributed by atoms with Gasteiger partial charge in [0.1, 0.15) is 17.2 Å². The predicted molar refractivity (Wildman–Crippen MR) is 103 cm³/mol. The van der Waals surface area contributed by atoms with Crippen molar-refractivity contribution >= 4 is 23.8 Å². The second-order valence-electron chi connectivity index (χ2n) is 8.59. The van der Waals surface area contributed by atoms with E-state index in [0.29, 0.717) is 0 Å². The maximum Gasteiger partial charge on any atom is 0.347 e. The molecular weight excluding hydrogens is 382 g/mol. The van der Waals surface area contributed by atoms with Gasteiger partial charge in [-0.15, -0.1) is 0 Å². The maximum atomic E-state index is 13.1. The number of carbonyl (C=O) groups is 4. The zero-order valence-corrected chi connectivity index (χ0v) is 18.5. The SMILES string of the molecule is CCOC(=O)C1(C(=O)OCC)N([C@@H](C(=O)OC(C)(C)C)C(C)C)C(=O)CC1(C)O. The molecule has 2 atom stereocenters. The molecule has 1 fully saturated rings. The van der Waals surface area contributed by atoms with E-state index in [2.05, 4.69) is 0 Å². The molecule has 1 aliphatic heterocycles. The third-order valence-electron chi connectivity index (χ3n) is 4.60. The average molecular weight is 415 g/mol. The lowest BCUT2D eigenvalue weighted by Crippen LogP contribution is -2.72. The van der Waals surface area contributed by atoms with Crippen molar-refractivity contribution < 1.29 is 38.5 Å². The number of carbonyl (C=O) groups excluding carboxylic acids is 4. The van der Waals surface area contributed by atoms with Gasteiger partial charge < -0.3 is 24.2 Å². The van der Waals surface area contributed by atoms with E-state index in [0.717, 1.165) is 4.90 Å². The van der Waals surface area contributed by atoms with Gasteiger partial charge >= 0.3 is 17.9 Å². The van der Waals surface area contributed by atoms with Gasteiger partial charge in [-0.3, -0.25) is 4.79 Å². The van der Waals surface area contributed by atoms with Gasteiger partial charge in [-0.05, 0) is 47.5 Å². The molecule has 0 saturated carbocycles. The summed E-state index contributed by atoms with van der Waals surface area (Å²) < 4.78 is 15.6. The first-order valence-electron chi connectivity index (χ1n) is 9.79.